The van der Waals surface area contributed by atoms with Gasteiger partial charge in [0.2, 0.25) is 0 Å². The number of aliphatic carboxylic acids is 2. The number of hydrogen-bond acceptors (Lipinski definition) is 3. The number of amides is 2. The van der Waals surface area contributed by atoms with Crippen LogP contribution in [0, 0.1) is 5.92 Å². The molecule has 0 radical (unpaired) electrons. The van der Waals surface area contributed by atoms with Crippen molar-refractivity contribution in [3.8, 4) is 0 Å². The summed E-state index contributed by atoms with van der Waals surface area (Å²) in [5.74, 6) is -1.88. The van der Waals surface area contributed by atoms with Crippen molar-refractivity contribution in [2.45, 2.75) is 38.6 Å². The van der Waals surface area contributed by atoms with Gasteiger partial charge in [0.25, 0.3) is 0 Å². The smallest absolute Gasteiger partial charge is 0.326 e. The van der Waals surface area contributed by atoms with Gasteiger partial charge in [-0.2, -0.15) is 0 Å². The van der Waals surface area contributed by atoms with Crippen molar-refractivity contribution < 1.29 is 24.6 Å². The fourth-order valence-electron chi connectivity index (χ4n) is 2.14. The maximum Gasteiger partial charge on any atom is 0.326 e. The van der Waals surface area contributed by atoms with Crippen LogP contribution in [0.3, 0.4) is 0 Å². The fourth-order valence-corrected chi connectivity index (χ4v) is 2.14. The molecule has 1 unspecified atom stereocenters. The van der Waals surface area contributed by atoms with E-state index in [1.54, 1.807) is 4.90 Å². The number of hydrogen-bond donors (Lipinski definition) is 3. The van der Waals surface area contributed by atoms with Gasteiger partial charge < -0.3 is 20.4 Å². The summed E-state index contributed by atoms with van der Waals surface area (Å²) in [7, 11) is 0. The van der Waals surface area contributed by atoms with Crippen LogP contribution in [0.25, 0.3) is 0 Å². The predicted molar refractivity (Wildman–Crippen MR) is 66.8 cm³/mol. The number of likely N-dealkylation sites (tertiary alicyclic amines) is 1. The minimum Gasteiger partial charge on any atom is -0.481 e. The average molecular weight is 272 g/mol. The lowest BCUT2D eigenvalue weighted by molar-refractivity contribution is -0.140. The molecular weight excluding hydrogens is 252 g/mol. The van der Waals surface area contributed by atoms with Gasteiger partial charge in [-0.25, -0.2) is 9.59 Å². The molecule has 2 atom stereocenters. The van der Waals surface area contributed by atoms with Crippen LogP contribution in [0.2, 0.25) is 0 Å². The number of piperidine rings is 1. The number of urea groups is 1. The van der Waals surface area contributed by atoms with Crippen molar-refractivity contribution in [1.82, 2.24) is 10.2 Å². The van der Waals surface area contributed by atoms with E-state index in [0.29, 0.717) is 19.0 Å². The Hall–Kier alpha value is -1.79. The summed E-state index contributed by atoms with van der Waals surface area (Å²) >= 11 is 0. The second-order valence-corrected chi connectivity index (χ2v) is 4.97. The van der Waals surface area contributed by atoms with E-state index < -0.39 is 24.0 Å². The Morgan fingerprint density at radius 3 is 2.58 bits per heavy atom. The highest BCUT2D eigenvalue weighted by Gasteiger charge is 2.26. The first-order valence-electron chi connectivity index (χ1n) is 6.40. The van der Waals surface area contributed by atoms with Crippen molar-refractivity contribution in [3.63, 3.8) is 0 Å². The molecule has 19 heavy (non-hydrogen) atoms. The first-order valence-corrected chi connectivity index (χ1v) is 6.40. The van der Waals surface area contributed by atoms with Crippen molar-refractivity contribution >= 4 is 18.0 Å². The Bertz CT molecular complexity index is 358. The molecule has 0 spiro atoms. The molecule has 108 valence electrons. The van der Waals surface area contributed by atoms with Crippen LogP contribution in [-0.4, -0.2) is 52.2 Å². The van der Waals surface area contributed by atoms with Crippen molar-refractivity contribution in [2.75, 3.05) is 13.1 Å². The second-order valence-electron chi connectivity index (χ2n) is 4.97. The monoisotopic (exact) mass is 272 g/mol. The molecule has 0 aliphatic carbocycles. The molecule has 1 aliphatic rings. The number of rotatable bonds is 5. The zero-order valence-electron chi connectivity index (χ0n) is 11.0. The maximum atomic E-state index is 11.9. The van der Waals surface area contributed by atoms with Gasteiger partial charge in [0.05, 0.1) is 0 Å². The van der Waals surface area contributed by atoms with Gasteiger partial charge in [0, 0.05) is 19.5 Å². The molecule has 1 heterocycles. The zero-order chi connectivity index (χ0) is 14.4. The van der Waals surface area contributed by atoms with Crippen LogP contribution in [0.5, 0.6) is 0 Å². The third kappa shape index (κ3) is 5.15. The van der Waals surface area contributed by atoms with Gasteiger partial charge in [0.1, 0.15) is 6.04 Å². The summed E-state index contributed by atoms with van der Waals surface area (Å²) in [6, 6.07) is -1.58. The van der Waals surface area contributed by atoms with Gasteiger partial charge in [-0.1, -0.05) is 6.92 Å². The van der Waals surface area contributed by atoms with E-state index in [1.807, 2.05) is 6.92 Å². The Morgan fingerprint density at radius 2 is 2.05 bits per heavy atom. The van der Waals surface area contributed by atoms with Crippen LogP contribution >= 0.6 is 0 Å². The van der Waals surface area contributed by atoms with Crippen LogP contribution < -0.4 is 5.32 Å². The lowest BCUT2D eigenvalue weighted by Crippen LogP contribution is -2.50. The molecule has 7 nitrogen and oxygen atoms in total. The summed E-state index contributed by atoms with van der Waals surface area (Å²) in [5.41, 5.74) is 0. The molecule has 2 amide bonds. The van der Waals surface area contributed by atoms with Crippen molar-refractivity contribution in [3.05, 3.63) is 0 Å². The van der Waals surface area contributed by atoms with Crippen molar-refractivity contribution in [1.29, 1.82) is 0 Å². The average Bonchev–Trinajstić information content (AvgIpc) is 2.33. The molecule has 0 saturated carbocycles. The van der Waals surface area contributed by atoms with Gasteiger partial charge >= 0.3 is 18.0 Å². The fraction of sp³-hybridized carbons (Fsp3) is 0.750. The summed E-state index contributed by atoms with van der Waals surface area (Å²) < 4.78 is 0. The Labute approximate surface area is 111 Å². The predicted octanol–water partition coefficient (Wildman–Crippen LogP) is 0.746. The Kier molecular flexibility index (Phi) is 5.59. The Morgan fingerprint density at radius 1 is 1.37 bits per heavy atom. The summed E-state index contributed by atoms with van der Waals surface area (Å²) in [4.78, 5) is 34.9. The SMILES string of the molecule is CC1CCCN(C(=O)N[C@@H](CCC(=O)O)C(=O)O)C1. The Balaban J connectivity index is 2.50. The number of nitrogens with zero attached hydrogens (tertiary/aromatic N) is 1. The van der Waals surface area contributed by atoms with Crippen LogP contribution in [0.1, 0.15) is 32.6 Å². The first kappa shape index (κ1) is 15.3. The van der Waals surface area contributed by atoms with Gasteiger partial charge in [0.15, 0.2) is 0 Å². The number of carbonyl (C=O) groups excluding carboxylic acids is 1. The topological polar surface area (TPSA) is 107 Å². The third-order valence-electron chi connectivity index (χ3n) is 3.19. The van der Waals surface area contributed by atoms with E-state index in [-0.39, 0.29) is 12.8 Å². The summed E-state index contributed by atoms with van der Waals surface area (Å²) in [6.07, 6.45) is 1.57. The largest absolute Gasteiger partial charge is 0.481 e. The molecule has 1 fully saturated rings. The van der Waals surface area contributed by atoms with Gasteiger partial charge in [-0.15, -0.1) is 0 Å². The quantitative estimate of drug-likeness (QED) is 0.684. The zero-order valence-corrected chi connectivity index (χ0v) is 11.0. The molecule has 0 aromatic carbocycles. The lowest BCUT2D eigenvalue weighted by atomic mass is 10.0. The highest BCUT2D eigenvalue weighted by Crippen LogP contribution is 2.15. The molecule has 0 aromatic heterocycles. The molecule has 7 heteroatoms. The molecular formula is C12H20N2O5. The first-order chi connectivity index (χ1) is 8.90. The maximum absolute atomic E-state index is 11.9. The van der Waals surface area contributed by atoms with Gasteiger partial charge in [-0.3, -0.25) is 4.79 Å². The summed E-state index contributed by atoms with van der Waals surface area (Å²) in [6.45, 7) is 3.26. The highest BCUT2D eigenvalue weighted by atomic mass is 16.4. The van der Waals surface area contributed by atoms with Crippen LogP contribution in [-0.2, 0) is 9.59 Å². The lowest BCUT2D eigenvalue weighted by Gasteiger charge is -2.31. The normalized spacial score (nSPS) is 20.7. The number of carboxylic acids is 2. The molecule has 1 rings (SSSR count). The second kappa shape index (κ2) is 6.96. The highest BCUT2D eigenvalue weighted by molar-refractivity contribution is 5.83. The van der Waals surface area contributed by atoms with Crippen LogP contribution in [0.4, 0.5) is 4.79 Å². The number of carboxylic acid groups (broad SMARTS) is 2. The van der Waals surface area contributed by atoms with E-state index in [1.165, 1.54) is 0 Å². The standard InChI is InChI=1S/C12H20N2O5/c1-8-3-2-6-14(7-8)12(19)13-9(11(17)18)4-5-10(15)16/h8-9H,2-7H2,1H3,(H,13,19)(H,15,16)(H,17,18)/t8?,9-/m0/s1. The third-order valence-corrected chi connectivity index (χ3v) is 3.19. The molecule has 1 aliphatic heterocycles. The minimum atomic E-state index is -1.21. The van der Waals surface area contributed by atoms with E-state index in [2.05, 4.69) is 5.32 Å². The summed E-state index contributed by atoms with van der Waals surface area (Å²) in [5, 5.41) is 19.9. The van der Waals surface area contributed by atoms with E-state index in [4.69, 9.17) is 10.2 Å². The van der Waals surface area contributed by atoms with Gasteiger partial charge in [-0.05, 0) is 25.2 Å². The van der Waals surface area contributed by atoms with E-state index >= 15 is 0 Å². The molecule has 0 bridgehead atoms. The minimum absolute atomic E-state index is 0.111. The number of carbonyl (C=O) groups is 3. The molecule has 0 aromatic rings. The van der Waals surface area contributed by atoms with Crippen molar-refractivity contribution in [2.24, 2.45) is 5.92 Å². The molecule has 3 N–H and O–H groups in total. The molecule has 1 saturated heterocycles. The van der Waals surface area contributed by atoms with Crippen LogP contribution in [0.15, 0.2) is 0 Å². The van der Waals surface area contributed by atoms with E-state index in [0.717, 1.165) is 12.8 Å². The number of nitrogens with one attached hydrogen (secondary N) is 1. The van der Waals surface area contributed by atoms with E-state index in [9.17, 15) is 14.4 Å².